The molecular formula is C11H16N2Si. The summed E-state index contributed by atoms with van der Waals surface area (Å²) >= 11 is 0. The molecule has 0 aromatic carbocycles. The average molecular weight is 204 g/mol. The smallest absolute Gasteiger partial charge is 0.129 e. The highest BCUT2D eigenvalue weighted by molar-refractivity contribution is 6.83. The van der Waals surface area contributed by atoms with Crippen LogP contribution in [0.15, 0.2) is 6.07 Å². The lowest BCUT2D eigenvalue weighted by Gasteiger charge is -2.03. The van der Waals surface area contributed by atoms with Gasteiger partial charge in [0.2, 0.25) is 0 Å². The Balaban J connectivity index is 3.02. The molecule has 0 bridgehead atoms. The van der Waals surface area contributed by atoms with Crippen molar-refractivity contribution in [2.75, 3.05) is 0 Å². The van der Waals surface area contributed by atoms with Gasteiger partial charge in [-0.15, -0.1) is 5.54 Å². The van der Waals surface area contributed by atoms with Crippen molar-refractivity contribution in [3.63, 3.8) is 0 Å². The Hall–Kier alpha value is -1.14. The van der Waals surface area contributed by atoms with Crippen LogP contribution in [0.2, 0.25) is 19.6 Å². The van der Waals surface area contributed by atoms with E-state index in [0.717, 1.165) is 17.2 Å². The highest BCUT2D eigenvalue weighted by Gasteiger charge is 2.07. The second kappa shape index (κ2) is 3.93. The summed E-state index contributed by atoms with van der Waals surface area (Å²) in [4.78, 5) is 8.49. The zero-order chi connectivity index (χ0) is 10.8. The van der Waals surface area contributed by atoms with Crippen molar-refractivity contribution in [3.8, 4) is 11.5 Å². The predicted molar refractivity (Wildman–Crippen MR) is 61.7 cm³/mol. The van der Waals surface area contributed by atoms with Crippen LogP contribution in [0.25, 0.3) is 0 Å². The SMILES string of the molecule is Cc1cc(C#C[Si](C)(C)C)nc(C)n1. The van der Waals surface area contributed by atoms with Crippen molar-refractivity contribution in [3.05, 3.63) is 23.3 Å². The van der Waals surface area contributed by atoms with Crippen LogP contribution < -0.4 is 0 Å². The molecule has 1 rings (SSSR count). The normalized spacial score (nSPS) is 10.6. The van der Waals surface area contributed by atoms with Gasteiger partial charge in [-0.2, -0.15) is 0 Å². The van der Waals surface area contributed by atoms with E-state index >= 15 is 0 Å². The third-order valence-electron chi connectivity index (χ3n) is 1.53. The van der Waals surface area contributed by atoms with Crippen LogP contribution in [0.4, 0.5) is 0 Å². The number of hydrogen-bond donors (Lipinski definition) is 0. The molecule has 0 aliphatic carbocycles. The van der Waals surface area contributed by atoms with Crippen LogP contribution >= 0.6 is 0 Å². The lowest BCUT2D eigenvalue weighted by atomic mass is 10.3. The van der Waals surface area contributed by atoms with Crippen molar-refractivity contribution >= 4 is 8.07 Å². The van der Waals surface area contributed by atoms with E-state index in [1.54, 1.807) is 0 Å². The topological polar surface area (TPSA) is 25.8 Å². The number of nitrogens with zero attached hydrogens (tertiary/aromatic N) is 2. The maximum atomic E-state index is 4.27. The fraction of sp³-hybridized carbons (Fsp3) is 0.455. The lowest BCUT2D eigenvalue weighted by Crippen LogP contribution is -2.16. The van der Waals surface area contributed by atoms with Crippen LogP contribution in [0.3, 0.4) is 0 Å². The first-order valence-corrected chi connectivity index (χ1v) is 8.22. The molecule has 74 valence electrons. The molecular weight excluding hydrogens is 188 g/mol. The van der Waals surface area contributed by atoms with Crippen molar-refractivity contribution in [1.82, 2.24) is 9.97 Å². The van der Waals surface area contributed by atoms with E-state index in [0.29, 0.717) is 0 Å². The summed E-state index contributed by atoms with van der Waals surface area (Å²) < 4.78 is 0. The van der Waals surface area contributed by atoms with Gasteiger partial charge in [-0.05, 0) is 19.9 Å². The minimum atomic E-state index is -1.30. The molecule has 0 spiro atoms. The third-order valence-corrected chi connectivity index (χ3v) is 2.41. The van der Waals surface area contributed by atoms with Crippen LogP contribution in [0, 0.1) is 25.3 Å². The molecule has 1 aromatic rings. The highest BCUT2D eigenvalue weighted by atomic mass is 28.3. The monoisotopic (exact) mass is 204 g/mol. The van der Waals surface area contributed by atoms with E-state index in [1.165, 1.54) is 0 Å². The summed E-state index contributed by atoms with van der Waals surface area (Å²) in [6, 6.07) is 1.93. The molecule has 14 heavy (non-hydrogen) atoms. The standard InChI is InChI=1S/C11H16N2Si/c1-9-8-11(13-10(2)12-9)6-7-14(3,4)5/h8H,1-5H3. The van der Waals surface area contributed by atoms with Gasteiger partial charge in [0.25, 0.3) is 0 Å². The van der Waals surface area contributed by atoms with Crippen molar-refractivity contribution < 1.29 is 0 Å². The third kappa shape index (κ3) is 3.71. The quantitative estimate of drug-likeness (QED) is 0.479. The van der Waals surface area contributed by atoms with Gasteiger partial charge < -0.3 is 0 Å². The van der Waals surface area contributed by atoms with E-state index in [-0.39, 0.29) is 0 Å². The minimum absolute atomic E-state index is 0.796. The van der Waals surface area contributed by atoms with Crippen LogP contribution in [-0.4, -0.2) is 18.0 Å². The lowest BCUT2D eigenvalue weighted by molar-refractivity contribution is 1.000. The highest BCUT2D eigenvalue weighted by Crippen LogP contribution is 2.01. The molecule has 0 aliphatic rings. The molecule has 0 amide bonds. The molecule has 0 N–H and O–H groups in total. The largest absolute Gasteiger partial charge is 0.238 e. The zero-order valence-electron chi connectivity index (χ0n) is 9.47. The molecule has 0 fully saturated rings. The molecule has 0 aliphatic heterocycles. The molecule has 0 saturated heterocycles. The Kier molecular flexibility index (Phi) is 3.07. The first-order chi connectivity index (χ1) is 6.37. The van der Waals surface area contributed by atoms with Crippen molar-refractivity contribution in [2.24, 2.45) is 0 Å². The molecule has 1 aromatic heterocycles. The Bertz CT molecular complexity index is 374. The van der Waals surface area contributed by atoms with Gasteiger partial charge in [0, 0.05) is 5.69 Å². The second-order valence-corrected chi connectivity index (χ2v) is 9.19. The molecule has 0 radical (unpaired) electrons. The maximum Gasteiger partial charge on any atom is 0.129 e. The number of aromatic nitrogens is 2. The molecule has 2 nitrogen and oxygen atoms in total. The van der Waals surface area contributed by atoms with Gasteiger partial charge in [0.1, 0.15) is 19.6 Å². The Morgan fingerprint density at radius 2 is 1.79 bits per heavy atom. The van der Waals surface area contributed by atoms with Crippen molar-refractivity contribution in [2.45, 2.75) is 33.5 Å². The van der Waals surface area contributed by atoms with E-state index < -0.39 is 8.07 Å². The van der Waals surface area contributed by atoms with E-state index in [1.807, 2.05) is 19.9 Å². The molecule has 0 atom stereocenters. The van der Waals surface area contributed by atoms with Gasteiger partial charge in [-0.1, -0.05) is 25.6 Å². The summed E-state index contributed by atoms with van der Waals surface area (Å²) in [7, 11) is -1.30. The number of rotatable bonds is 0. The molecule has 0 unspecified atom stereocenters. The Morgan fingerprint density at radius 1 is 1.14 bits per heavy atom. The first-order valence-electron chi connectivity index (χ1n) is 4.72. The minimum Gasteiger partial charge on any atom is -0.238 e. The molecule has 3 heteroatoms. The molecule has 0 saturated carbocycles. The zero-order valence-corrected chi connectivity index (χ0v) is 10.5. The fourth-order valence-electron chi connectivity index (χ4n) is 1.03. The average Bonchev–Trinajstić information content (AvgIpc) is 1.97. The van der Waals surface area contributed by atoms with Gasteiger partial charge >= 0.3 is 0 Å². The molecule has 1 heterocycles. The van der Waals surface area contributed by atoms with Crippen LogP contribution in [-0.2, 0) is 0 Å². The fourth-order valence-corrected chi connectivity index (χ4v) is 1.54. The van der Waals surface area contributed by atoms with Crippen molar-refractivity contribution in [1.29, 1.82) is 0 Å². The van der Waals surface area contributed by atoms with Gasteiger partial charge in [0.15, 0.2) is 0 Å². The van der Waals surface area contributed by atoms with Gasteiger partial charge in [-0.3, -0.25) is 0 Å². The number of aryl methyl sites for hydroxylation is 2. The predicted octanol–water partition coefficient (Wildman–Crippen LogP) is 2.32. The summed E-state index contributed by atoms with van der Waals surface area (Å²) in [6.07, 6.45) is 0. The van der Waals surface area contributed by atoms with E-state index in [4.69, 9.17) is 0 Å². The van der Waals surface area contributed by atoms with Crippen LogP contribution in [0.5, 0.6) is 0 Å². The van der Waals surface area contributed by atoms with Gasteiger partial charge in [-0.25, -0.2) is 9.97 Å². The summed E-state index contributed by atoms with van der Waals surface area (Å²) in [6.45, 7) is 10.5. The van der Waals surface area contributed by atoms with Gasteiger partial charge in [0.05, 0.1) is 0 Å². The summed E-state index contributed by atoms with van der Waals surface area (Å²) in [5.41, 5.74) is 5.12. The second-order valence-electron chi connectivity index (χ2n) is 4.44. The van der Waals surface area contributed by atoms with E-state index in [9.17, 15) is 0 Å². The number of hydrogen-bond acceptors (Lipinski definition) is 2. The summed E-state index contributed by atoms with van der Waals surface area (Å²) in [5, 5.41) is 0. The van der Waals surface area contributed by atoms with E-state index in [2.05, 4.69) is 41.1 Å². The summed E-state index contributed by atoms with van der Waals surface area (Å²) in [5.74, 6) is 3.92. The maximum absolute atomic E-state index is 4.27. The first kappa shape index (κ1) is 10.9. The Morgan fingerprint density at radius 3 is 2.29 bits per heavy atom. The Labute approximate surface area is 86.8 Å². The van der Waals surface area contributed by atoms with Crippen LogP contribution in [0.1, 0.15) is 17.2 Å².